The Labute approximate surface area is 90.5 Å². The Morgan fingerprint density at radius 2 is 2.43 bits per heavy atom. The largest absolute Gasteiger partial charge is 0.324 e. The van der Waals surface area contributed by atoms with E-state index >= 15 is 0 Å². The highest BCUT2D eigenvalue weighted by Gasteiger charge is 2.04. The highest BCUT2D eigenvalue weighted by Crippen LogP contribution is 2.28. The molecule has 1 atom stereocenters. The highest BCUT2D eigenvalue weighted by atomic mass is 32.2. The van der Waals surface area contributed by atoms with E-state index in [-0.39, 0.29) is 6.04 Å². The van der Waals surface area contributed by atoms with Crippen molar-refractivity contribution in [2.75, 3.05) is 0 Å². The van der Waals surface area contributed by atoms with E-state index in [0.29, 0.717) is 0 Å². The van der Waals surface area contributed by atoms with Crippen LogP contribution >= 0.6 is 11.8 Å². The summed E-state index contributed by atoms with van der Waals surface area (Å²) in [6.07, 6.45) is 13.5. The molecule has 0 fully saturated rings. The van der Waals surface area contributed by atoms with Gasteiger partial charge in [0.1, 0.15) is 0 Å². The first kappa shape index (κ1) is 11.3. The van der Waals surface area contributed by atoms with Crippen LogP contribution in [0.1, 0.15) is 20.3 Å². The first-order valence-corrected chi connectivity index (χ1v) is 5.65. The average Bonchev–Trinajstić information content (AvgIpc) is 2.15. The SMILES string of the molecule is C/C=C\C=C(/C)SC1=CC(N)CC=C1. The van der Waals surface area contributed by atoms with Gasteiger partial charge >= 0.3 is 0 Å². The molecule has 1 unspecified atom stereocenters. The Morgan fingerprint density at radius 3 is 3.07 bits per heavy atom. The number of hydrogen-bond donors (Lipinski definition) is 1. The molecule has 0 saturated carbocycles. The van der Waals surface area contributed by atoms with E-state index in [0.717, 1.165) is 6.42 Å². The van der Waals surface area contributed by atoms with Crippen molar-refractivity contribution in [3.05, 3.63) is 46.3 Å². The number of hydrogen-bond acceptors (Lipinski definition) is 2. The van der Waals surface area contributed by atoms with E-state index in [1.807, 2.05) is 13.0 Å². The summed E-state index contributed by atoms with van der Waals surface area (Å²) in [5.74, 6) is 0. The van der Waals surface area contributed by atoms with Crippen molar-refractivity contribution in [3.63, 3.8) is 0 Å². The number of thioether (sulfide) groups is 1. The van der Waals surface area contributed by atoms with Crippen LogP contribution in [0.4, 0.5) is 0 Å². The second-order valence-corrected chi connectivity index (χ2v) is 4.60. The molecular weight excluding hydrogens is 190 g/mol. The van der Waals surface area contributed by atoms with Crippen LogP contribution in [0, 0.1) is 0 Å². The van der Waals surface area contributed by atoms with Gasteiger partial charge in [0, 0.05) is 10.9 Å². The zero-order valence-electron chi connectivity index (χ0n) is 8.73. The van der Waals surface area contributed by atoms with Crippen LogP contribution in [0.15, 0.2) is 46.3 Å². The zero-order valence-corrected chi connectivity index (χ0v) is 9.55. The molecule has 0 heterocycles. The molecule has 1 nitrogen and oxygen atoms in total. The van der Waals surface area contributed by atoms with Crippen LogP contribution in [0.3, 0.4) is 0 Å². The van der Waals surface area contributed by atoms with Crippen molar-refractivity contribution < 1.29 is 0 Å². The molecule has 0 spiro atoms. The summed E-state index contributed by atoms with van der Waals surface area (Å²) in [4.78, 5) is 2.54. The summed E-state index contributed by atoms with van der Waals surface area (Å²) in [5.41, 5.74) is 5.83. The van der Waals surface area contributed by atoms with E-state index in [9.17, 15) is 0 Å². The highest BCUT2D eigenvalue weighted by molar-refractivity contribution is 8.06. The first-order valence-electron chi connectivity index (χ1n) is 4.83. The van der Waals surface area contributed by atoms with Gasteiger partial charge in [-0.1, -0.05) is 48.2 Å². The van der Waals surface area contributed by atoms with Crippen molar-refractivity contribution in [1.82, 2.24) is 0 Å². The molecule has 0 aromatic carbocycles. The quantitative estimate of drug-likeness (QED) is 0.718. The predicted molar refractivity (Wildman–Crippen MR) is 66.0 cm³/mol. The Hall–Kier alpha value is -0.730. The molecule has 0 aromatic rings. The molecule has 2 N–H and O–H groups in total. The van der Waals surface area contributed by atoms with E-state index < -0.39 is 0 Å². The fourth-order valence-electron chi connectivity index (χ4n) is 1.20. The fraction of sp³-hybridized carbons (Fsp3) is 0.333. The molecule has 1 aliphatic carbocycles. The molecule has 2 heteroatoms. The van der Waals surface area contributed by atoms with Crippen LogP contribution in [-0.2, 0) is 0 Å². The van der Waals surface area contributed by atoms with Crippen molar-refractivity contribution in [2.45, 2.75) is 26.3 Å². The van der Waals surface area contributed by atoms with Gasteiger partial charge in [-0.3, -0.25) is 0 Å². The van der Waals surface area contributed by atoms with Crippen LogP contribution < -0.4 is 5.73 Å². The minimum atomic E-state index is 0.192. The van der Waals surface area contributed by atoms with Crippen molar-refractivity contribution in [2.24, 2.45) is 5.73 Å². The lowest BCUT2D eigenvalue weighted by molar-refractivity contribution is 0.824. The normalized spacial score (nSPS) is 22.9. The predicted octanol–water partition coefficient (Wildman–Crippen LogP) is 3.37. The third-order valence-corrected chi connectivity index (χ3v) is 2.84. The molecule has 0 amide bonds. The molecule has 0 aliphatic heterocycles. The topological polar surface area (TPSA) is 26.0 Å². The second kappa shape index (κ2) is 5.89. The average molecular weight is 207 g/mol. The molecular formula is C12H17NS. The molecule has 76 valence electrons. The number of rotatable bonds is 3. The van der Waals surface area contributed by atoms with Gasteiger partial charge in [0.15, 0.2) is 0 Å². The zero-order chi connectivity index (χ0) is 10.4. The maximum absolute atomic E-state index is 5.83. The fourth-order valence-corrected chi connectivity index (χ4v) is 2.12. The van der Waals surface area contributed by atoms with Crippen LogP contribution in [0.2, 0.25) is 0 Å². The van der Waals surface area contributed by atoms with E-state index in [1.54, 1.807) is 11.8 Å². The summed E-state index contributed by atoms with van der Waals surface area (Å²) in [6.45, 7) is 4.13. The second-order valence-electron chi connectivity index (χ2n) is 3.28. The smallest absolute Gasteiger partial charge is 0.0272 e. The molecule has 0 radical (unpaired) electrons. The van der Waals surface area contributed by atoms with Crippen LogP contribution in [0.5, 0.6) is 0 Å². The minimum Gasteiger partial charge on any atom is -0.324 e. The van der Waals surface area contributed by atoms with E-state index in [1.165, 1.54) is 9.81 Å². The number of nitrogens with two attached hydrogens (primary N) is 1. The van der Waals surface area contributed by atoms with Crippen LogP contribution in [0.25, 0.3) is 0 Å². The lowest BCUT2D eigenvalue weighted by atomic mass is 10.1. The van der Waals surface area contributed by atoms with Gasteiger partial charge in [0.2, 0.25) is 0 Å². The van der Waals surface area contributed by atoms with E-state index in [4.69, 9.17) is 5.73 Å². The lowest BCUT2D eigenvalue weighted by Crippen LogP contribution is -2.17. The summed E-state index contributed by atoms with van der Waals surface area (Å²) in [6, 6.07) is 0.192. The summed E-state index contributed by atoms with van der Waals surface area (Å²) < 4.78 is 0. The summed E-state index contributed by atoms with van der Waals surface area (Å²) in [7, 11) is 0. The van der Waals surface area contributed by atoms with Gasteiger partial charge in [-0.2, -0.15) is 0 Å². The first-order chi connectivity index (χ1) is 6.72. The third-order valence-electron chi connectivity index (χ3n) is 1.87. The van der Waals surface area contributed by atoms with Gasteiger partial charge < -0.3 is 5.73 Å². The van der Waals surface area contributed by atoms with Crippen molar-refractivity contribution >= 4 is 11.8 Å². The van der Waals surface area contributed by atoms with Gasteiger partial charge in [-0.05, 0) is 25.2 Å². The van der Waals surface area contributed by atoms with Crippen molar-refractivity contribution in [3.8, 4) is 0 Å². The molecule has 0 aromatic heterocycles. The Kier molecular flexibility index (Phi) is 4.77. The molecule has 0 saturated heterocycles. The summed E-state index contributed by atoms with van der Waals surface area (Å²) in [5, 5.41) is 0. The van der Waals surface area contributed by atoms with Gasteiger partial charge in [0.05, 0.1) is 0 Å². The Morgan fingerprint density at radius 1 is 1.64 bits per heavy atom. The van der Waals surface area contributed by atoms with E-state index in [2.05, 4.69) is 37.3 Å². The third kappa shape index (κ3) is 3.99. The lowest BCUT2D eigenvalue weighted by Gasteiger charge is -2.11. The molecule has 0 bridgehead atoms. The minimum absolute atomic E-state index is 0.192. The van der Waals surface area contributed by atoms with Gasteiger partial charge in [-0.25, -0.2) is 0 Å². The maximum atomic E-state index is 5.83. The van der Waals surface area contributed by atoms with Crippen LogP contribution in [-0.4, -0.2) is 6.04 Å². The number of allylic oxidation sites excluding steroid dienone is 5. The summed E-state index contributed by atoms with van der Waals surface area (Å²) >= 11 is 1.77. The Bertz CT molecular complexity index is 297. The molecule has 1 aliphatic rings. The maximum Gasteiger partial charge on any atom is 0.0272 e. The monoisotopic (exact) mass is 207 g/mol. The molecule has 14 heavy (non-hydrogen) atoms. The van der Waals surface area contributed by atoms with Gasteiger partial charge in [-0.15, -0.1) is 0 Å². The van der Waals surface area contributed by atoms with Crippen molar-refractivity contribution in [1.29, 1.82) is 0 Å². The molecule has 1 rings (SSSR count). The Balaban J connectivity index is 2.56. The standard InChI is InChI=1S/C12H17NS/c1-3-4-6-10(2)14-12-8-5-7-11(13)9-12/h3-6,8-9,11H,7,13H2,1-2H3/b4-3-,10-6+. The van der Waals surface area contributed by atoms with Gasteiger partial charge in [0.25, 0.3) is 0 Å².